The average molecular weight is 539 g/mol. The van der Waals surface area contributed by atoms with Crippen LogP contribution in [0.15, 0.2) is 18.2 Å². The Balaban J connectivity index is 1.37. The Hall–Kier alpha value is -2.99. The molecule has 2 aliphatic heterocycles. The highest BCUT2D eigenvalue weighted by molar-refractivity contribution is 5.88. The van der Waals surface area contributed by atoms with Crippen molar-refractivity contribution < 1.29 is 14.9 Å². The summed E-state index contributed by atoms with van der Waals surface area (Å²) in [6, 6.07) is 7.61. The van der Waals surface area contributed by atoms with Gasteiger partial charge < -0.3 is 26.0 Å². The van der Waals surface area contributed by atoms with Gasteiger partial charge in [-0.05, 0) is 37.8 Å². The lowest BCUT2D eigenvalue weighted by atomic mass is 10.1. The van der Waals surface area contributed by atoms with E-state index < -0.39 is 0 Å². The van der Waals surface area contributed by atoms with Crippen LogP contribution in [0.3, 0.4) is 0 Å². The predicted molar refractivity (Wildman–Crippen MR) is 152 cm³/mol. The van der Waals surface area contributed by atoms with Crippen LogP contribution in [0, 0.1) is 6.92 Å². The largest absolute Gasteiger partial charge is 0.496 e. The van der Waals surface area contributed by atoms with Gasteiger partial charge in [0.15, 0.2) is 5.82 Å². The number of nitrogens with zero attached hydrogens (tertiary/aromatic N) is 6. The maximum absolute atomic E-state index is 9.55. The van der Waals surface area contributed by atoms with Crippen molar-refractivity contribution in [2.45, 2.75) is 70.7 Å². The second-order valence-electron chi connectivity index (χ2n) is 10.9. The number of aliphatic hydroxyl groups is 2. The molecule has 2 fully saturated rings. The molecule has 0 radical (unpaired) electrons. The Morgan fingerprint density at radius 3 is 2.59 bits per heavy atom. The third-order valence-corrected chi connectivity index (χ3v) is 8.14. The zero-order valence-electron chi connectivity index (χ0n) is 23.3. The molecule has 212 valence electrons. The van der Waals surface area contributed by atoms with Gasteiger partial charge in [-0.15, -0.1) is 0 Å². The molecule has 1 aromatic carbocycles. The number of nitrogens with one attached hydrogen (secondary N) is 1. The molecule has 2 aliphatic rings. The van der Waals surface area contributed by atoms with E-state index in [1.54, 1.807) is 7.11 Å². The van der Waals surface area contributed by atoms with Crippen LogP contribution in [-0.2, 0) is 13.1 Å². The zero-order valence-corrected chi connectivity index (χ0v) is 23.3. The molecule has 11 nitrogen and oxygen atoms in total. The number of nitrogen functional groups attached to an aromatic ring is 1. The highest BCUT2D eigenvalue weighted by Crippen LogP contribution is 2.33. The van der Waals surface area contributed by atoms with Crippen LogP contribution in [0.25, 0.3) is 11.0 Å². The number of hydrogen-bond donors (Lipinski definition) is 4. The Bertz CT molecular complexity index is 1280. The van der Waals surface area contributed by atoms with Crippen molar-refractivity contribution in [2.75, 3.05) is 51.0 Å². The Morgan fingerprint density at radius 1 is 1.10 bits per heavy atom. The zero-order chi connectivity index (χ0) is 27.5. The van der Waals surface area contributed by atoms with Crippen LogP contribution in [0.2, 0.25) is 0 Å². The van der Waals surface area contributed by atoms with Crippen LogP contribution < -0.4 is 15.8 Å². The number of aryl methyl sites for hydroxylation is 1. The molecular weight excluding hydrogens is 496 g/mol. The SMILES string of the molecule is CCC[C@@H](CCO)Nc1nc(N)nc2c(C)nn(Cc3ccc(CN4C[C@H]5C[C@@H]4CN5CCO)cc3OC)c12. The van der Waals surface area contributed by atoms with Gasteiger partial charge >= 0.3 is 0 Å². The topological polar surface area (TPSA) is 138 Å². The summed E-state index contributed by atoms with van der Waals surface area (Å²) in [5.41, 5.74) is 10.6. The minimum Gasteiger partial charge on any atom is -0.496 e. The third-order valence-electron chi connectivity index (χ3n) is 8.14. The maximum Gasteiger partial charge on any atom is 0.222 e. The average Bonchev–Trinajstić information content (AvgIpc) is 3.58. The lowest BCUT2D eigenvalue weighted by Gasteiger charge is -2.33. The standard InChI is InChI=1S/C28H42N8O3/c1-4-5-21(8-10-37)30-27-26-25(31-28(29)32-27)18(2)33-36(26)15-20-7-6-19(12-24(20)39-3)14-35-17-22-13-23(35)16-34(22)9-11-38/h6-7,12,21-23,37-38H,4-5,8-11,13-17H2,1-3H3,(H3,29,30,31,32)/t21-,22+,23+/m0/s1. The second kappa shape index (κ2) is 12.0. The molecule has 0 unspecified atom stereocenters. The molecule has 5 rings (SSSR count). The molecule has 2 saturated heterocycles. The maximum atomic E-state index is 9.55. The van der Waals surface area contributed by atoms with Crippen LogP contribution in [-0.4, -0.2) is 97.8 Å². The smallest absolute Gasteiger partial charge is 0.222 e. The van der Waals surface area contributed by atoms with Crippen molar-refractivity contribution in [1.82, 2.24) is 29.5 Å². The van der Waals surface area contributed by atoms with Gasteiger partial charge in [-0.3, -0.25) is 14.5 Å². The monoisotopic (exact) mass is 538 g/mol. The van der Waals surface area contributed by atoms with Gasteiger partial charge in [0.2, 0.25) is 5.95 Å². The number of anilines is 2. The molecular formula is C28H42N8O3. The molecule has 4 heterocycles. The second-order valence-corrected chi connectivity index (χ2v) is 10.9. The first-order chi connectivity index (χ1) is 18.9. The predicted octanol–water partition coefficient (Wildman–Crippen LogP) is 1.99. The first-order valence-corrected chi connectivity index (χ1v) is 14.1. The molecule has 0 amide bonds. The number of rotatable bonds is 13. The number of nitrogens with two attached hydrogens (primary N) is 1. The summed E-state index contributed by atoms with van der Waals surface area (Å²) in [7, 11) is 1.71. The number of β-amino-alcohol motifs (C(OH)–C–C–N with tert-alkyl or cyclic N) is 1. The quantitative estimate of drug-likeness (QED) is 0.256. The van der Waals surface area contributed by atoms with Crippen LogP contribution in [0.4, 0.5) is 11.8 Å². The molecule has 2 bridgehead atoms. The number of aromatic nitrogens is 4. The van der Waals surface area contributed by atoms with Crippen molar-refractivity contribution in [2.24, 2.45) is 0 Å². The Kier molecular flexibility index (Phi) is 8.51. The number of benzene rings is 1. The van der Waals surface area contributed by atoms with E-state index in [9.17, 15) is 10.2 Å². The van der Waals surface area contributed by atoms with Crippen LogP contribution >= 0.6 is 0 Å². The van der Waals surface area contributed by atoms with E-state index in [1.807, 2.05) is 11.6 Å². The van der Waals surface area contributed by atoms with Gasteiger partial charge in [0.1, 0.15) is 16.8 Å². The van der Waals surface area contributed by atoms with Gasteiger partial charge in [-0.2, -0.15) is 10.1 Å². The summed E-state index contributed by atoms with van der Waals surface area (Å²) in [6.45, 7) is 8.62. The summed E-state index contributed by atoms with van der Waals surface area (Å²) in [6.07, 6.45) is 3.70. The fraction of sp³-hybridized carbons (Fsp3) is 0.607. The summed E-state index contributed by atoms with van der Waals surface area (Å²) in [5, 5.41) is 27.2. The molecule has 3 atom stereocenters. The number of fused-ring (bicyclic) bond motifs is 3. The first-order valence-electron chi connectivity index (χ1n) is 14.1. The molecule has 3 aromatic rings. The summed E-state index contributed by atoms with van der Waals surface area (Å²) in [5.74, 6) is 1.67. The Morgan fingerprint density at radius 2 is 1.90 bits per heavy atom. The summed E-state index contributed by atoms with van der Waals surface area (Å²) < 4.78 is 7.76. The molecule has 39 heavy (non-hydrogen) atoms. The number of methoxy groups -OCH3 is 1. The van der Waals surface area contributed by atoms with E-state index in [-0.39, 0.29) is 25.2 Å². The Labute approximate surface area is 230 Å². The molecule has 2 aromatic heterocycles. The fourth-order valence-electron chi connectivity index (χ4n) is 6.29. The van der Waals surface area contributed by atoms with E-state index in [0.29, 0.717) is 30.9 Å². The van der Waals surface area contributed by atoms with E-state index in [2.05, 4.69) is 50.2 Å². The number of piperazine rings is 1. The first kappa shape index (κ1) is 27.6. The van der Waals surface area contributed by atoms with Gasteiger partial charge in [0.05, 0.1) is 26.0 Å². The van der Waals surface area contributed by atoms with Crippen LogP contribution in [0.1, 0.15) is 49.4 Å². The lowest BCUT2D eigenvalue weighted by Crippen LogP contribution is -2.46. The van der Waals surface area contributed by atoms with Gasteiger partial charge in [-0.1, -0.05) is 25.5 Å². The molecule has 0 spiro atoms. The van der Waals surface area contributed by atoms with Gasteiger partial charge in [-0.25, -0.2) is 4.98 Å². The third kappa shape index (κ3) is 5.81. The van der Waals surface area contributed by atoms with Crippen molar-refractivity contribution in [3.63, 3.8) is 0 Å². The normalized spacial score (nSPS) is 20.2. The number of aliphatic hydroxyl groups excluding tert-OH is 2. The number of ether oxygens (including phenoxy) is 1. The molecule has 0 aliphatic carbocycles. The highest BCUT2D eigenvalue weighted by atomic mass is 16.5. The van der Waals surface area contributed by atoms with Crippen molar-refractivity contribution >= 4 is 22.8 Å². The van der Waals surface area contributed by atoms with Crippen molar-refractivity contribution in [1.29, 1.82) is 0 Å². The molecule has 11 heteroatoms. The van der Waals surface area contributed by atoms with E-state index >= 15 is 0 Å². The molecule has 0 saturated carbocycles. The number of likely N-dealkylation sites (tertiary alicyclic amines) is 2. The van der Waals surface area contributed by atoms with Gasteiger partial charge in [0.25, 0.3) is 0 Å². The number of hydrogen-bond acceptors (Lipinski definition) is 10. The minimum atomic E-state index is 0.0755. The summed E-state index contributed by atoms with van der Waals surface area (Å²) in [4.78, 5) is 14.0. The van der Waals surface area contributed by atoms with Crippen LogP contribution in [0.5, 0.6) is 5.75 Å². The van der Waals surface area contributed by atoms with E-state index in [4.69, 9.17) is 15.6 Å². The van der Waals surface area contributed by atoms with E-state index in [0.717, 1.165) is 67.1 Å². The van der Waals surface area contributed by atoms with Gasteiger partial charge in [0, 0.05) is 56.5 Å². The van der Waals surface area contributed by atoms with Crippen molar-refractivity contribution in [3.05, 3.63) is 35.0 Å². The fourth-order valence-corrected chi connectivity index (χ4v) is 6.29. The van der Waals surface area contributed by atoms with Crippen molar-refractivity contribution in [3.8, 4) is 5.75 Å². The molecule has 5 N–H and O–H groups in total. The summed E-state index contributed by atoms with van der Waals surface area (Å²) >= 11 is 0. The highest BCUT2D eigenvalue weighted by Gasteiger charge is 2.42. The lowest BCUT2D eigenvalue weighted by molar-refractivity contribution is 0.105. The minimum absolute atomic E-state index is 0.0755. The van der Waals surface area contributed by atoms with E-state index in [1.165, 1.54) is 12.0 Å².